The first-order chi connectivity index (χ1) is 17.0. The molecule has 35 heavy (non-hydrogen) atoms. The number of nitro benzene ring substituents is 1. The first kappa shape index (κ1) is 22.6. The third-order valence-corrected chi connectivity index (χ3v) is 6.43. The van der Waals surface area contributed by atoms with Crippen molar-refractivity contribution in [3.05, 3.63) is 110 Å². The van der Waals surface area contributed by atoms with Gasteiger partial charge in [0.2, 0.25) is 0 Å². The average Bonchev–Trinajstić information content (AvgIpc) is 3.42. The largest absolute Gasteiger partial charge is 0.497 e. The van der Waals surface area contributed by atoms with Gasteiger partial charge in [-0.1, -0.05) is 48.0 Å². The molecule has 0 saturated heterocycles. The standard InChI is InChI=1S/C26H21ClN4O4/c1-35-21-11-5-16(6-12-21)13-14-30-25(18-3-2-4-20(15-18)31(33)34)22-23(28-29-24(22)26(30)32)17-7-9-19(27)10-8-17/h2-12,15,25H,13-14H2,1H3,(H,28,29). The number of aromatic amines is 1. The molecule has 0 radical (unpaired) electrons. The second-order valence-corrected chi connectivity index (χ2v) is 8.66. The van der Waals surface area contributed by atoms with Crippen LogP contribution in [-0.2, 0) is 6.42 Å². The monoisotopic (exact) mass is 488 g/mol. The number of non-ortho nitro benzene ring substituents is 1. The lowest BCUT2D eigenvalue weighted by atomic mass is 9.95. The molecule has 0 spiro atoms. The highest BCUT2D eigenvalue weighted by molar-refractivity contribution is 6.30. The van der Waals surface area contributed by atoms with E-state index in [1.807, 2.05) is 36.4 Å². The van der Waals surface area contributed by atoms with E-state index in [-0.39, 0.29) is 11.6 Å². The molecule has 1 aromatic heterocycles. The van der Waals surface area contributed by atoms with Gasteiger partial charge in [0, 0.05) is 34.8 Å². The van der Waals surface area contributed by atoms with E-state index < -0.39 is 11.0 Å². The van der Waals surface area contributed by atoms with Crippen LogP contribution in [0.5, 0.6) is 5.75 Å². The molecule has 1 unspecified atom stereocenters. The minimum Gasteiger partial charge on any atom is -0.497 e. The summed E-state index contributed by atoms with van der Waals surface area (Å²) in [4.78, 5) is 26.3. The summed E-state index contributed by atoms with van der Waals surface area (Å²) in [6.07, 6.45) is 0.606. The number of carbonyl (C=O) groups excluding carboxylic acids is 1. The summed E-state index contributed by atoms with van der Waals surface area (Å²) >= 11 is 6.06. The summed E-state index contributed by atoms with van der Waals surface area (Å²) in [6, 6.07) is 20.8. The quantitative estimate of drug-likeness (QED) is 0.276. The number of hydrogen-bond acceptors (Lipinski definition) is 5. The summed E-state index contributed by atoms with van der Waals surface area (Å²) < 4.78 is 5.23. The normalized spacial score (nSPS) is 14.7. The van der Waals surface area contributed by atoms with Crippen LogP contribution in [0.15, 0.2) is 72.8 Å². The molecule has 9 heteroatoms. The van der Waals surface area contributed by atoms with E-state index >= 15 is 0 Å². The molecule has 0 saturated carbocycles. The van der Waals surface area contributed by atoms with Crippen molar-refractivity contribution >= 4 is 23.2 Å². The number of aromatic nitrogens is 2. The van der Waals surface area contributed by atoms with Gasteiger partial charge >= 0.3 is 0 Å². The lowest BCUT2D eigenvalue weighted by molar-refractivity contribution is -0.384. The van der Waals surface area contributed by atoms with Crippen molar-refractivity contribution in [2.45, 2.75) is 12.5 Å². The number of methoxy groups -OCH3 is 1. The van der Waals surface area contributed by atoms with E-state index in [2.05, 4.69) is 10.2 Å². The lowest BCUT2D eigenvalue weighted by Crippen LogP contribution is -2.31. The maximum atomic E-state index is 13.5. The number of fused-ring (bicyclic) bond motifs is 1. The first-order valence-corrected chi connectivity index (χ1v) is 11.4. The van der Waals surface area contributed by atoms with E-state index in [9.17, 15) is 14.9 Å². The molecule has 2 heterocycles. The Hall–Kier alpha value is -4.17. The minimum absolute atomic E-state index is 0.0324. The van der Waals surface area contributed by atoms with Gasteiger partial charge in [-0.25, -0.2) is 0 Å². The van der Waals surface area contributed by atoms with Gasteiger partial charge in [-0.2, -0.15) is 5.10 Å². The molecule has 1 amide bonds. The van der Waals surface area contributed by atoms with E-state index in [1.54, 1.807) is 36.3 Å². The number of ether oxygens (including phenoxy) is 1. The summed E-state index contributed by atoms with van der Waals surface area (Å²) in [5, 5.41) is 19.4. The molecule has 0 bridgehead atoms. The van der Waals surface area contributed by atoms with Gasteiger partial charge in [-0.05, 0) is 41.8 Å². The van der Waals surface area contributed by atoms with Gasteiger partial charge in [0.15, 0.2) is 0 Å². The molecule has 0 fully saturated rings. The highest BCUT2D eigenvalue weighted by Crippen LogP contribution is 2.43. The molecule has 1 atom stereocenters. The minimum atomic E-state index is -0.528. The first-order valence-electron chi connectivity index (χ1n) is 11.0. The molecule has 8 nitrogen and oxygen atoms in total. The zero-order valence-corrected chi connectivity index (χ0v) is 19.5. The molecule has 1 aliphatic heterocycles. The molecular formula is C26H21ClN4O4. The predicted molar refractivity (Wildman–Crippen MR) is 132 cm³/mol. The lowest BCUT2D eigenvalue weighted by Gasteiger charge is -2.26. The zero-order valence-electron chi connectivity index (χ0n) is 18.8. The van der Waals surface area contributed by atoms with Crippen LogP contribution in [0.25, 0.3) is 11.3 Å². The van der Waals surface area contributed by atoms with Crippen molar-refractivity contribution in [2.24, 2.45) is 0 Å². The van der Waals surface area contributed by atoms with Gasteiger partial charge in [-0.15, -0.1) is 0 Å². The fourth-order valence-corrected chi connectivity index (χ4v) is 4.58. The third-order valence-electron chi connectivity index (χ3n) is 6.18. The average molecular weight is 489 g/mol. The molecule has 0 aliphatic carbocycles. The van der Waals surface area contributed by atoms with Crippen LogP contribution in [-0.4, -0.2) is 39.6 Å². The molecule has 5 rings (SSSR count). The molecule has 1 aliphatic rings. The molecular weight excluding hydrogens is 468 g/mol. The fraction of sp³-hybridized carbons (Fsp3) is 0.154. The SMILES string of the molecule is COc1ccc(CCN2C(=O)c3[nH]nc(-c4ccc(Cl)cc4)c3C2c2cccc([N+](=O)[O-])c2)cc1. The summed E-state index contributed by atoms with van der Waals surface area (Å²) in [5.74, 6) is 0.562. The smallest absolute Gasteiger partial charge is 0.273 e. The predicted octanol–water partition coefficient (Wildman–Crippen LogP) is 5.43. The van der Waals surface area contributed by atoms with Crippen molar-refractivity contribution < 1.29 is 14.5 Å². The van der Waals surface area contributed by atoms with Crippen LogP contribution < -0.4 is 4.74 Å². The van der Waals surface area contributed by atoms with Gasteiger partial charge < -0.3 is 9.64 Å². The van der Waals surface area contributed by atoms with Crippen LogP contribution in [0.2, 0.25) is 5.02 Å². The Balaban J connectivity index is 1.56. The Labute approximate surface area is 206 Å². The van der Waals surface area contributed by atoms with Gasteiger partial charge in [0.1, 0.15) is 11.4 Å². The number of hydrogen-bond donors (Lipinski definition) is 1. The molecule has 4 aromatic rings. The van der Waals surface area contributed by atoms with Crippen LogP contribution in [0, 0.1) is 10.1 Å². The number of amides is 1. The Bertz CT molecular complexity index is 1400. The number of rotatable bonds is 7. The Kier molecular flexibility index (Phi) is 5.96. The van der Waals surface area contributed by atoms with Crippen LogP contribution in [0.3, 0.4) is 0 Å². The zero-order chi connectivity index (χ0) is 24.5. The van der Waals surface area contributed by atoms with Crippen molar-refractivity contribution in [3.63, 3.8) is 0 Å². The number of H-pyrrole nitrogens is 1. The fourth-order valence-electron chi connectivity index (χ4n) is 4.45. The van der Waals surface area contributed by atoms with Crippen molar-refractivity contribution in [1.29, 1.82) is 0 Å². The Morgan fingerprint density at radius 3 is 2.54 bits per heavy atom. The topological polar surface area (TPSA) is 101 Å². The molecule has 176 valence electrons. The highest BCUT2D eigenvalue weighted by atomic mass is 35.5. The van der Waals surface area contributed by atoms with Gasteiger partial charge in [0.25, 0.3) is 11.6 Å². The second-order valence-electron chi connectivity index (χ2n) is 8.22. The van der Waals surface area contributed by atoms with Crippen LogP contribution >= 0.6 is 11.6 Å². The van der Waals surface area contributed by atoms with Crippen LogP contribution in [0.4, 0.5) is 5.69 Å². The molecule has 1 N–H and O–H groups in total. The van der Waals surface area contributed by atoms with Crippen molar-refractivity contribution in [3.8, 4) is 17.0 Å². The van der Waals surface area contributed by atoms with E-state index in [1.165, 1.54) is 12.1 Å². The number of nitrogens with one attached hydrogen (secondary N) is 1. The maximum Gasteiger partial charge on any atom is 0.273 e. The van der Waals surface area contributed by atoms with Crippen molar-refractivity contribution in [2.75, 3.05) is 13.7 Å². The number of halogens is 1. The number of nitrogens with zero attached hydrogens (tertiary/aromatic N) is 3. The second kappa shape index (κ2) is 9.23. The van der Waals surface area contributed by atoms with Crippen LogP contribution in [0.1, 0.15) is 33.2 Å². The number of benzene rings is 3. The van der Waals surface area contributed by atoms with E-state index in [4.69, 9.17) is 16.3 Å². The highest BCUT2D eigenvalue weighted by Gasteiger charge is 2.42. The Morgan fingerprint density at radius 2 is 1.86 bits per heavy atom. The summed E-state index contributed by atoms with van der Waals surface area (Å²) in [6.45, 7) is 0.418. The third kappa shape index (κ3) is 4.24. The Morgan fingerprint density at radius 1 is 1.11 bits per heavy atom. The summed E-state index contributed by atoms with van der Waals surface area (Å²) in [5.41, 5.74) is 4.17. The number of nitro groups is 1. The van der Waals surface area contributed by atoms with Gasteiger partial charge in [-0.3, -0.25) is 20.0 Å². The maximum absolute atomic E-state index is 13.5. The van der Waals surface area contributed by atoms with Gasteiger partial charge in [0.05, 0.1) is 23.8 Å². The van der Waals surface area contributed by atoms with Crippen molar-refractivity contribution in [1.82, 2.24) is 15.1 Å². The van der Waals surface area contributed by atoms with E-state index in [0.29, 0.717) is 40.5 Å². The number of carbonyl (C=O) groups is 1. The summed E-state index contributed by atoms with van der Waals surface area (Å²) in [7, 11) is 1.61. The van der Waals surface area contributed by atoms with E-state index in [0.717, 1.165) is 16.9 Å². The molecule has 3 aromatic carbocycles.